The summed E-state index contributed by atoms with van der Waals surface area (Å²) in [6.45, 7) is 2.07. The highest BCUT2D eigenvalue weighted by Crippen LogP contribution is 2.26. The monoisotopic (exact) mass is 471 g/mol. The highest BCUT2D eigenvalue weighted by atomic mass is 32.1. The molecule has 1 aromatic heterocycles. The van der Waals surface area contributed by atoms with Crippen LogP contribution in [0.3, 0.4) is 0 Å². The average molecular weight is 471 g/mol. The number of aromatic nitrogens is 1. The number of nitrogens with zero attached hydrogens (tertiary/aromatic N) is 2. The maximum Gasteiger partial charge on any atom is 0.338 e. The zero-order valence-electron chi connectivity index (χ0n) is 17.5. The van der Waals surface area contributed by atoms with Gasteiger partial charge in [-0.2, -0.15) is 0 Å². The minimum absolute atomic E-state index is 0.0468. The van der Waals surface area contributed by atoms with E-state index in [0.717, 1.165) is 29.9 Å². The number of halogens is 2. The largest absolute Gasteiger partial charge is 0.449 e. The second-order valence-corrected chi connectivity index (χ2v) is 8.26. The third-order valence-electron chi connectivity index (χ3n) is 5.09. The summed E-state index contributed by atoms with van der Waals surface area (Å²) in [6, 6.07) is 9.82. The molecule has 0 bridgehead atoms. The predicted molar refractivity (Wildman–Crippen MR) is 119 cm³/mol. The molecule has 33 heavy (non-hydrogen) atoms. The molecule has 1 atom stereocenters. The van der Waals surface area contributed by atoms with Crippen molar-refractivity contribution in [1.82, 2.24) is 4.98 Å². The number of esters is 1. The van der Waals surface area contributed by atoms with Crippen LogP contribution < -0.4 is 10.2 Å². The van der Waals surface area contributed by atoms with E-state index in [4.69, 9.17) is 4.74 Å². The fourth-order valence-corrected chi connectivity index (χ4v) is 4.03. The number of rotatable bonds is 6. The maximum atomic E-state index is 13.4. The molecule has 1 aliphatic heterocycles. The van der Waals surface area contributed by atoms with E-state index >= 15 is 0 Å². The van der Waals surface area contributed by atoms with Crippen LogP contribution in [0.1, 0.15) is 30.1 Å². The molecule has 1 fully saturated rings. The summed E-state index contributed by atoms with van der Waals surface area (Å²) in [7, 11) is 0. The van der Waals surface area contributed by atoms with Crippen LogP contribution in [0, 0.1) is 11.6 Å². The Kier molecular flexibility index (Phi) is 6.45. The van der Waals surface area contributed by atoms with Crippen molar-refractivity contribution < 1.29 is 27.9 Å². The lowest BCUT2D eigenvalue weighted by atomic mass is 10.2. The minimum atomic E-state index is -1.10. The van der Waals surface area contributed by atoms with Gasteiger partial charge in [0.05, 0.1) is 11.3 Å². The molecule has 0 radical (unpaired) electrons. The summed E-state index contributed by atoms with van der Waals surface area (Å²) >= 11 is 1.10. The van der Waals surface area contributed by atoms with Gasteiger partial charge < -0.3 is 9.64 Å². The van der Waals surface area contributed by atoms with Crippen molar-refractivity contribution in [3.63, 3.8) is 0 Å². The van der Waals surface area contributed by atoms with E-state index in [1.165, 1.54) is 13.0 Å². The predicted octanol–water partition coefficient (Wildman–Crippen LogP) is 4.40. The van der Waals surface area contributed by atoms with Crippen LogP contribution in [0.4, 0.5) is 19.6 Å². The molecule has 0 spiro atoms. The summed E-state index contributed by atoms with van der Waals surface area (Å²) < 4.78 is 31.8. The summed E-state index contributed by atoms with van der Waals surface area (Å²) in [6.07, 6.45) is 0.210. The Morgan fingerprint density at radius 3 is 2.58 bits per heavy atom. The lowest BCUT2D eigenvalue weighted by Gasteiger charge is -2.16. The molecule has 3 aromatic rings. The third-order valence-corrected chi connectivity index (χ3v) is 5.85. The zero-order valence-corrected chi connectivity index (χ0v) is 18.3. The van der Waals surface area contributed by atoms with Gasteiger partial charge in [0.15, 0.2) is 22.9 Å². The Morgan fingerprint density at radius 1 is 1.15 bits per heavy atom. The average Bonchev–Trinajstić information content (AvgIpc) is 3.44. The van der Waals surface area contributed by atoms with Gasteiger partial charge in [-0.15, -0.1) is 11.3 Å². The standard InChI is InChI=1S/C23H19F2N3O4S/c1-13(32-22(31)14-4-7-16(8-5-14)28-10-2-3-20(28)29)21(30)27-23-26-19(12-33-23)15-6-9-17(24)18(25)11-15/h4-9,11-13H,2-3,10H2,1H3,(H,26,27,30)/t13-/m0/s1. The number of amides is 2. The molecule has 0 aliphatic carbocycles. The molecule has 1 aliphatic rings. The number of thiazole rings is 1. The van der Waals surface area contributed by atoms with Crippen LogP contribution >= 0.6 is 11.3 Å². The van der Waals surface area contributed by atoms with E-state index < -0.39 is 29.6 Å². The van der Waals surface area contributed by atoms with Gasteiger partial charge in [0.2, 0.25) is 5.91 Å². The van der Waals surface area contributed by atoms with Crippen molar-refractivity contribution >= 4 is 39.9 Å². The first-order valence-electron chi connectivity index (χ1n) is 10.1. The summed E-state index contributed by atoms with van der Waals surface area (Å²) in [5.74, 6) is -3.18. The highest BCUT2D eigenvalue weighted by Gasteiger charge is 2.23. The molecule has 10 heteroatoms. The first kappa shape index (κ1) is 22.5. The van der Waals surface area contributed by atoms with Crippen LogP contribution in [0.15, 0.2) is 47.8 Å². The second kappa shape index (κ2) is 9.45. The lowest BCUT2D eigenvalue weighted by Crippen LogP contribution is -2.30. The van der Waals surface area contributed by atoms with E-state index in [-0.39, 0.29) is 16.6 Å². The molecule has 0 unspecified atom stereocenters. The Bertz CT molecular complexity index is 1210. The Hall–Kier alpha value is -3.66. The van der Waals surface area contributed by atoms with E-state index in [0.29, 0.717) is 29.9 Å². The van der Waals surface area contributed by atoms with Gasteiger partial charge in [-0.3, -0.25) is 14.9 Å². The summed E-state index contributed by atoms with van der Waals surface area (Å²) in [5.41, 5.74) is 1.69. The van der Waals surface area contributed by atoms with Crippen LogP contribution in [-0.4, -0.2) is 35.4 Å². The van der Waals surface area contributed by atoms with Crippen LogP contribution in [0.5, 0.6) is 0 Å². The van der Waals surface area contributed by atoms with Crippen molar-refractivity contribution in [3.8, 4) is 11.3 Å². The van der Waals surface area contributed by atoms with Gasteiger partial charge in [0.25, 0.3) is 5.91 Å². The van der Waals surface area contributed by atoms with Crippen molar-refractivity contribution in [1.29, 1.82) is 0 Å². The van der Waals surface area contributed by atoms with Gasteiger partial charge in [-0.25, -0.2) is 18.6 Å². The van der Waals surface area contributed by atoms with E-state index in [1.54, 1.807) is 34.5 Å². The molecule has 7 nitrogen and oxygen atoms in total. The first-order chi connectivity index (χ1) is 15.8. The lowest BCUT2D eigenvalue weighted by molar-refractivity contribution is -0.123. The van der Waals surface area contributed by atoms with Crippen LogP contribution in [0.2, 0.25) is 0 Å². The van der Waals surface area contributed by atoms with Gasteiger partial charge in [-0.1, -0.05) is 0 Å². The van der Waals surface area contributed by atoms with Crippen molar-refractivity contribution in [2.45, 2.75) is 25.9 Å². The van der Waals surface area contributed by atoms with Gasteiger partial charge >= 0.3 is 5.97 Å². The summed E-state index contributed by atoms with van der Waals surface area (Å²) in [4.78, 5) is 42.5. The van der Waals surface area contributed by atoms with Gasteiger partial charge in [-0.05, 0) is 55.8 Å². The third kappa shape index (κ3) is 5.06. The normalized spacial score (nSPS) is 14.3. The van der Waals surface area contributed by atoms with Crippen molar-refractivity contribution in [2.24, 2.45) is 0 Å². The topological polar surface area (TPSA) is 88.6 Å². The highest BCUT2D eigenvalue weighted by molar-refractivity contribution is 7.14. The van der Waals surface area contributed by atoms with Crippen molar-refractivity contribution in [3.05, 3.63) is 65.0 Å². The van der Waals surface area contributed by atoms with Crippen LogP contribution in [0.25, 0.3) is 11.3 Å². The number of nitrogens with one attached hydrogen (secondary N) is 1. The maximum absolute atomic E-state index is 13.4. The quantitative estimate of drug-likeness (QED) is 0.539. The molecular formula is C23H19F2N3O4S. The smallest absolute Gasteiger partial charge is 0.338 e. The zero-order chi connectivity index (χ0) is 23.5. The molecule has 170 valence electrons. The van der Waals surface area contributed by atoms with E-state index in [9.17, 15) is 23.2 Å². The van der Waals surface area contributed by atoms with Gasteiger partial charge in [0.1, 0.15) is 0 Å². The fourth-order valence-electron chi connectivity index (χ4n) is 3.31. The van der Waals surface area contributed by atoms with Crippen LogP contribution in [-0.2, 0) is 14.3 Å². The SMILES string of the molecule is C[C@H](OC(=O)c1ccc(N2CCCC2=O)cc1)C(=O)Nc1nc(-c2ccc(F)c(F)c2)cs1. The van der Waals surface area contributed by atoms with Crippen molar-refractivity contribution in [2.75, 3.05) is 16.8 Å². The van der Waals surface area contributed by atoms with E-state index in [2.05, 4.69) is 10.3 Å². The molecule has 4 rings (SSSR count). The Labute approximate surface area is 192 Å². The number of hydrogen-bond donors (Lipinski definition) is 1. The Morgan fingerprint density at radius 2 is 1.91 bits per heavy atom. The number of ether oxygens (including phenoxy) is 1. The fraction of sp³-hybridized carbons (Fsp3) is 0.217. The number of anilines is 2. The molecule has 2 aromatic carbocycles. The molecular weight excluding hydrogens is 452 g/mol. The van der Waals surface area contributed by atoms with E-state index in [1.807, 2.05) is 0 Å². The molecule has 1 saturated heterocycles. The minimum Gasteiger partial charge on any atom is -0.449 e. The molecule has 0 saturated carbocycles. The number of hydrogen-bond acceptors (Lipinski definition) is 6. The molecule has 2 amide bonds. The molecule has 1 N–H and O–H groups in total. The summed E-state index contributed by atoms with van der Waals surface area (Å²) in [5, 5.41) is 4.36. The first-order valence-corrected chi connectivity index (χ1v) is 11.0. The second-order valence-electron chi connectivity index (χ2n) is 7.40. The number of benzene rings is 2. The number of carbonyl (C=O) groups excluding carboxylic acids is 3. The Balaban J connectivity index is 1.35. The number of carbonyl (C=O) groups is 3. The molecule has 2 heterocycles. The van der Waals surface area contributed by atoms with Gasteiger partial charge in [0, 0.05) is 29.6 Å².